The van der Waals surface area contributed by atoms with E-state index in [0.717, 1.165) is 17.7 Å². The highest BCUT2D eigenvalue weighted by atomic mass is 16.6. The number of hydrogen-bond acceptors (Lipinski definition) is 8. The third-order valence-corrected chi connectivity index (χ3v) is 8.09. The number of ketones is 1. The highest BCUT2D eigenvalue weighted by Gasteiger charge is 2.44. The second-order valence-electron chi connectivity index (χ2n) is 13.0. The normalized spacial score (nSPS) is 16.8. The molecule has 1 saturated heterocycles. The van der Waals surface area contributed by atoms with Crippen LogP contribution in [0.25, 0.3) is 11.3 Å². The predicted octanol–water partition coefficient (Wildman–Crippen LogP) is 5.85. The lowest BCUT2D eigenvalue weighted by Gasteiger charge is -2.44. The van der Waals surface area contributed by atoms with Gasteiger partial charge in [-0.05, 0) is 51.3 Å². The fourth-order valence-electron chi connectivity index (χ4n) is 5.67. The average Bonchev–Trinajstić information content (AvgIpc) is 3.44. The Bertz CT molecular complexity index is 1440. The van der Waals surface area contributed by atoms with Crippen LogP contribution in [0.15, 0.2) is 48.7 Å². The zero-order chi connectivity index (χ0) is 31.3. The van der Waals surface area contributed by atoms with Crippen LogP contribution < -0.4 is 9.47 Å². The minimum Gasteiger partial charge on any atom is -0.491 e. The average molecular weight is 605 g/mol. The van der Waals surface area contributed by atoms with Crippen molar-refractivity contribution in [3.8, 4) is 22.8 Å². The molecule has 0 bridgehead atoms. The summed E-state index contributed by atoms with van der Waals surface area (Å²) in [5.41, 5.74) is 2.34. The fourth-order valence-corrected chi connectivity index (χ4v) is 5.67. The molecule has 10 nitrogen and oxygen atoms in total. The van der Waals surface area contributed by atoms with Crippen molar-refractivity contribution in [2.24, 2.45) is 0 Å². The molecule has 5 rings (SSSR count). The topological polar surface area (TPSA) is 116 Å². The van der Waals surface area contributed by atoms with Crippen molar-refractivity contribution in [3.63, 3.8) is 0 Å². The number of rotatable bonds is 10. The number of ether oxygens (including phenoxy) is 3. The number of piperidine rings is 1. The van der Waals surface area contributed by atoms with Crippen LogP contribution in [-0.2, 0) is 17.7 Å². The first-order valence-corrected chi connectivity index (χ1v) is 15.7. The summed E-state index contributed by atoms with van der Waals surface area (Å²) < 4.78 is 19.4. The first-order chi connectivity index (χ1) is 21.0. The van der Waals surface area contributed by atoms with Gasteiger partial charge in [0, 0.05) is 37.6 Å². The molecule has 44 heavy (non-hydrogen) atoms. The maximum absolute atomic E-state index is 13.0. The van der Waals surface area contributed by atoms with Crippen LogP contribution >= 0.6 is 0 Å². The molecule has 3 heterocycles. The standard InChI is InChI=1S/C34H44N4O6/c1-5-6-7-8-24-9-11-25(12-10-24)29-22-38(36-35-29)21-26(39)23-42-27-13-14-28-30(40)20-34(43-31(28)19-27)15-17-37(18-16-34)32(41)44-33(2,3)4/h9-14,19,22,26,39H,5-8,15-18,20-21,23H2,1-4H3. The van der Waals surface area contributed by atoms with Crippen LogP contribution in [0.5, 0.6) is 11.5 Å². The van der Waals surface area contributed by atoms with E-state index < -0.39 is 17.3 Å². The maximum atomic E-state index is 13.0. The molecule has 0 saturated carbocycles. The van der Waals surface area contributed by atoms with Crippen LogP contribution in [0.1, 0.15) is 82.1 Å². The van der Waals surface area contributed by atoms with Crippen LogP contribution in [0, 0.1) is 0 Å². The monoisotopic (exact) mass is 604 g/mol. The second kappa shape index (κ2) is 13.4. The summed E-state index contributed by atoms with van der Waals surface area (Å²) in [4.78, 5) is 27.2. The molecular weight excluding hydrogens is 560 g/mol. The van der Waals surface area contributed by atoms with Crippen molar-refractivity contribution in [3.05, 3.63) is 59.8 Å². The van der Waals surface area contributed by atoms with Gasteiger partial charge in [-0.15, -0.1) is 5.10 Å². The molecule has 1 fully saturated rings. The number of amides is 1. The van der Waals surface area contributed by atoms with Gasteiger partial charge >= 0.3 is 6.09 Å². The number of unbranched alkanes of at least 4 members (excludes halogenated alkanes) is 2. The Balaban J connectivity index is 1.13. The third-order valence-electron chi connectivity index (χ3n) is 8.09. The number of benzene rings is 2. The van der Waals surface area contributed by atoms with Crippen molar-refractivity contribution in [1.82, 2.24) is 19.9 Å². The quantitative estimate of drug-likeness (QED) is 0.287. The summed E-state index contributed by atoms with van der Waals surface area (Å²) in [6.45, 7) is 8.89. The molecule has 0 radical (unpaired) electrons. The zero-order valence-corrected chi connectivity index (χ0v) is 26.3. The fraction of sp³-hybridized carbons (Fsp3) is 0.529. The number of aliphatic hydroxyl groups excluding tert-OH is 1. The van der Waals surface area contributed by atoms with Gasteiger partial charge in [-0.3, -0.25) is 4.79 Å². The molecular formula is C34H44N4O6. The first kappa shape index (κ1) is 31.5. The summed E-state index contributed by atoms with van der Waals surface area (Å²) in [6.07, 6.45) is 6.70. The first-order valence-electron chi connectivity index (χ1n) is 15.7. The molecule has 10 heteroatoms. The number of carbonyl (C=O) groups is 2. The highest BCUT2D eigenvalue weighted by molar-refractivity contribution is 6.00. The van der Waals surface area contributed by atoms with Crippen molar-refractivity contribution < 1.29 is 28.9 Å². The number of carbonyl (C=O) groups excluding carboxylic acids is 2. The van der Waals surface area contributed by atoms with Gasteiger partial charge in [0.15, 0.2) is 5.78 Å². The van der Waals surface area contributed by atoms with E-state index in [-0.39, 0.29) is 31.4 Å². The molecule has 236 valence electrons. The van der Waals surface area contributed by atoms with Gasteiger partial charge in [-0.25, -0.2) is 9.48 Å². The molecule has 1 aromatic heterocycles. The van der Waals surface area contributed by atoms with Gasteiger partial charge in [-0.1, -0.05) is 49.2 Å². The molecule has 2 aromatic carbocycles. The Morgan fingerprint density at radius 1 is 1.11 bits per heavy atom. The van der Waals surface area contributed by atoms with Crippen LogP contribution in [0.3, 0.4) is 0 Å². The van der Waals surface area contributed by atoms with Gasteiger partial charge in [0.25, 0.3) is 0 Å². The van der Waals surface area contributed by atoms with Crippen molar-refractivity contribution in [1.29, 1.82) is 0 Å². The number of aliphatic hydroxyl groups is 1. The second-order valence-corrected chi connectivity index (χ2v) is 13.0. The number of Topliss-reactive ketones (excluding diaryl/α,β-unsaturated/α-hetero) is 1. The molecule has 1 amide bonds. The molecule has 0 aliphatic carbocycles. The van der Waals surface area contributed by atoms with E-state index in [4.69, 9.17) is 14.2 Å². The van der Waals surface area contributed by atoms with Crippen LogP contribution in [-0.4, -0.2) is 73.9 Å². The van der Waals surface area contributed by atoms with E-state index >= 15 is 0 Å². The van der Waals surface area contributed by atoms with E-state index in [1.807, 2.05) is 27.0 Å². The van der Waals surface area contributed by atoms with E-state index in [0.29, 0.717) is 43.0 Å². The molecule has 1 spiro atoms. The van der Waals surface area contributed by atoms with Crippen LogP contribution in [0.4, 0.5) is 4.79 Å². The SMILES string of the molecule is CCCCCc1ccc(-c2cn(CC(O)COc3ccc4c(c3)OC3(CCN(C(=O)OC(C)(C)C)CC3)CC4=O)nn2)cc1. The number of aromatic nitrogens is 3. The Morgan fingerprint density at radius 2 is 1.86 bits per heavy atom. The molecule has 2 aliphatic heterocycles. The molecule has 2 aliphatic rings. The summed E-state index contributed by atoms with van der Waals surface area (Å²) in [7, 11) is 0. The van der Waals surface area contributed by atoms with Gasteiger partial charge in [0.1, 0.15) is 41.1 Å². The zero-order valence-electron chi connectivity index (χ0n) is 26.3. The van der Waals surface area contributed by atoms with E-state index in [1.54, 1.807) is 27.8 Å². The smallest absolute Gasteiger partial charge is 0.410 e. The van der Waals surface area contributed by atoms with Crippen molar-refractivity contribution in [2.45, 2.75) is 96.5 Å². The van der Waals surface area contributed by atoms with Gasteiger partial charge in [-0.2, -0.15) is 0 Å². The Labute approximate surface area is 259 Å². The van der Waals surface area contributed by atoms with Gasteiger partial charge in [0.05, 0.1) is 24.7 Å². The summed E-state index contributed by atoms with van der Waals surface area (Å²) >= 11 is 0. The van der Waals surface area contributed by atoms with Gasteiger partial charge < -0.3 is 24.2 Å². The lowest BCUT2D eigenvalue weighted by molar-refractivity contribution is -0.0227. The van der Waals surface area contributed by atoms with E-state index in [2.05, 4.69) is 41.5 Å². The largest absolute Gasteiger partial charge is 0.491 e. The maximum Gasteiger partial charge on any atom is 0.410 e. The van der Waals surface area contributed by atoms with Crippen molar-refractivity contribution in [2.75, 3.05) is 19.7 Å². The lowest BCUT2D eigenvalue weighted by Crippen LogP contribution is -2.52. The number of aryl methyl sites for hydroxylation is 1. The Morgan fingerprint density at radius 3 is 2.57 bits per heavy atom. The number of nitrogens with zero attached hydrogens (tertiary/aromatic N) is 4. The van der Waals surface area contributed by atoms with Crippen molar-refractivity contribution >= 4 is 11.9 Å². The minimum absolute atomic E-state index is 0.0108. The minimum atomic E-state index is -0.826. The highest BCUT2D eigenvalue weighted by Crippen LogP contribution is 2.41. The number of hydrogen-bond donors (Lipinski definition) is 1. The molecule has 3 aromatic rings. The Kier molecular flexibility index (Phi) is 9.58. The Hall–Kier alpha value is -3.92. The number of likely N-dealkylation sites (tertiary alicyclic amines) is 1. The summed E-state index contributed by atoms with van der Waals surface area (Å²) in [6, 6.07) is 13.5. The summed E-state index contributed by atoms with van der Waals surface area (Å²) in [5.74, 6) is 0.977. The molecule has 1 atom stereocenters. The molecule has 1 N–H and O–H groups in total. The van der Waals surface area contributed by atoms with Crippen LogP contribution in [0.2, 0.25) is 0 Å². The van der Waals surface area contributed by atoms with E-state index in [9.17, 15) is 14.7 Å². The van der Waals surface area contributed by atoms with Gasteiger partial charge in [0.2, 0.25) is 0 Å². The predicted molar refractivity (Wildman–Crippen MR) is 166 cm³/mol. The third kappa shape index (κ3) is 7.96. The van der Waals surface area contributed by atoms with E-state index in [1.165, 1.54) is 24.8 Å². The summed E-state index contributed by atoms with van der Waals surface area (Å²) in [5, 5.41) is 19.1. The molecule has 1 unspecified atom stereocenters. The lowest BCUT2D eigenvalue weighted by atomic mass is 9.82. The number of fused-ring (bicyclic) bond motifs is 1.